The molecule has 3 unspecified atom stereocenters. The van der Waals surface area contributed by atoms with Crippen LogP contribution in [0.15, 0.2) is 242 Å². The first kappa shape index (κ1) is 40.1. The van der Waals surface area contributed by atoms with Crippen molar-refractivity contribution >= 4 is 27.4 Å². The standard InChI is InChI=1S/C65H53N/c1-45-18-8-14-28-60(45)65(51-21-6-3-7-22-51)61-29-15-11-25-56(61)57-43-39-50(44-62(57)65)54(55-24-10-9-23-53(55)49-19-4-2-5-20-49)42-34-46-32-35-47(36-33-46)48-37-40-52(41-38-48)66-63-30-16-12-26-58(63)59-27-13-17-31-64(59)66/h2-14,16-17,19-28,30-33,35-41,43-45,54H,15,18,29,34,42H2,1H3. The molecule has 0 aliphatic heterocycles. The number of para-hydroxylation sites is 2. The molecule has 1 heteroatoms. The third kappa shape index (κ3) is 6.68. The average molecular weight is 848 g/mol. The van der Waals surface area contributed by atoms with E-state index in [0.29, 0.717) is 5.92 Å². The van der Waals surface area contributed by atoms with Gasteiger partial charge in [0.05, 0.1) is 16.4 Å². The lowest BCUT2D eigenvalue weighted by atomic mass is 9.61. The molecule has 0 saturated carbocycles. The minimum absolute atomic E-state index is 0.180. The van der Waals surface area contributed by atoms with Crippen LogP contribution in [-0.2, 0) is 11.8 Å². The van der Waals surface area contributed by atoms with Gasteiger partial charge in [0, 0.05) is 22.4 Å². The number of benzene rings is 8. The Labute approximate surface area is 389 Å². The molecule has 318 valence electrons. The van der Waals surface area contributed by atoms with Crippen molar-refractivity contribution in [2.75, 3.05) is 0 Å². The van der Waals surface area contributed by atoms with Crippen LogP contribution in [-0.4, -0.2) is 4.57 Å². The van der Waals surface area contributed by atoms with Crippen LogP contribution in [0.3, 0.4) is 0 Å². The van der Waals surface area contributed by atoms with Crippen LogP contribution in [0.2, 0.25) is 0 Å². The van der Waals surface area contributed by atoms with E-state index in [2.05, 4.69) is 242 Å². The van der Waals surface area contributed by atoms with E-state index < -0.39 is 0 Å². The Morgan fingerprint density at radius 3 is 1.97 bits per heavy atom. The van der Waals surface area contributed by atoms with E-state index >= 15 is 0 Å². The molecule has 12 rings (SSSR count). The lowest BCUT2D eigenvalue weighted by Gasteiger charge is -2.41. The Morgan fingerprint density at radius 1 is 0.591 bits per heavy atom. The number of hydrogen-bond donors (Lipinski definition) is 0. The second-order valence-corrected chi connectivity index (χ2v) is 18.6. The predicted octanol–water partition coefficient (Wildman–Crippen LogP) is 16.8. The van der Waals surface area contributed by atoms with Gasteiger partial charge in [0.15, 0.2) is 0 Å². The summed E-state index contributed by atoms with van der Waals surface area (Å²) in [5.74, 6) is 0.610. The number of allylic oxidation sites excluding steroid dienone is 8. The molecule has 0 N–H and O–H groups in total. The summed E-state index contributed by atoms with van der Waals surface area (Å²) < 4.78 is 2.39. The first-order chi connectivity index (χ1) is 32.7. The van der Waals surface area contributed by atoms with Crippen LogP contribution >= 0.6 is 0 Å². The quantitative estimate of drug-likeness (QED) is 0.129. The highest BCUT2D eigenvalue weighted by molar-refractivity contribution is 6.09. The van der Waals surface area contributed by atoms with Gasteiger partial charge in [-0.3, -0.25) is 0 Å². The van der Waals surface area contributed by atoms with Gasteiger partial charge in [-0.2, -0.15) is 0 Å². The zero-order chi connectivity index (χ0) is 44.0. The van der Waals surface area contributed by atoms with Crippen LogP contribution in [0, 0.1) is 5.92 Å². The number of rotatable bonds is 10. The molecule has 0 bridgehead atoms. The fourth-order valence-corrected chi connectivity index (χ4v) is 11.9. The molecule has 3 aliphatic rings. The fourth-order valence-electron chi connectivity index (χ4n) is 11.9. The fraction of sp³-hybridized carbons (Fsp3) is 0.138. The summed E-state index contributed by atoms with van der Waals surface area (Å²) in [6.45, 7) is 2.44. The summed E-state index contributed by atoms with van der Waals surface area (Å²) in [6.07, 6.45) is 17.1. The van der Waals surface area contributed by atoms with Crippen molar-refractivity contribution in [3.63, 3.8) is 0 Å². The predicted molar refractivity (Wildman–Crippen MR) is 278 cm³/mol. The van der Waals surface area contributed by atoms with Crippen LogP contribution in [0.4, 0.5) is 0 Å². The summed E-state index contributed by atoms with van der Waals surface area (Å²) in [7, 11) is 0. The van der Waals surface area contributed by atoms with E-state index in [0.717, 1.165) is 32.1 Å². The molecule has 1 heterocycles. The van der Waals surface area contributed by atoms with Crippen LogP contribution < -0.4 is 0 Å². The lowest BCUT2D eigenvalue weighted by Crippen LogP contribution is -2.34. The topological polar surface area (TPSA) is 4.93 Å². The first-order valence-corrected chi connectivity index (χ1v) is 24.0. The van der Waals surface area contributed by atoms with Crippen LogP contribution in [0.25, 0.3) is 55.3 Å². The number of fused-ring (bicyclic) bond motifs is 5. The van der Waals surface area contributed by atoms with Gasteiger partial charge in [-0.05, 0) is 135 Å². The Hall–Kier alpha value is -7.48. The number of aromatic nitrogens is 1. The lowest BCUT2D eigenvalue weighted by molar-refractivity contribution is 0.554. The van der Waals surface area contributed by atoms with Gasteiger partial charge in [0.25, 0.3) is 0 Å². The van der Waals surface area contributed by atoms with Crippen molar-refractivity contribution in [1.29, 1.82) is 0 Å². The molecule has 1 nitrogen and oxygen atoms in total. The minimum atomic E-state index is -0.308. The molecular weight excluding hydrogens is 795 g/mol. The maximum absolute atomic E-state index is 2.64. The van der Waals surface area contributed by atoms with Crippen molar-refractivity contribution in [2.24, 2.45) is 5.92 Å². The van der Waals surface area contributed by atoms with E-state index in [1.807, 2.05) is 0 Å². The van der Waals surface area contributed by atoms with Crippen molar-refractivity contribution in [1.82, 2.24) is 4.57 Å². The van der Waals surface area contributed by atoms with Crippen LogP contribution in [0.5, 0.6) is 0 Å². The molecule has 3 aliphatic carbocycles. The molecule has 1 aromatic heterocycles. The molecule has 0 amide bonds. The number of hydrogen-bond acceptors (Lipinski definition) is 0. The Balaban J connectivity index is 0.915. The van der Waals surface area contributed by atoms with Crippen molar-refractivity contribution < 1.29 is 0 Å². The normalized spacial score (nSPS) is 18.1. The Morgan fingerprint density at radius 2 is 1.24 bits per heavy atom. The molecule has 9 aromatic rings. The smallest absolute Gasteiger partial charge is 0.0642 e. The van der Waals surface area contributed by atoms with Gasteiger partial charge in [-0.25, -0.2) is 0 Å². The molecule has 8 aromatic carbocycles. The highest BCUT2D eigenvalue weighted by Gasteiger charge is 2.50. The van der Waals surface area contributed by atoms with Gasteiger partial charge in [0.1, 0.15) is 0 Å². The van der Waals surface area contributed by atoms with Crippen molar-refractivity contribution in [2.45, 2.75) is 50.4 Å². The second kappa shape index (κ2) is 16.8. The Kier molecular flexibility index (Phi) is 10.2. The third-order valence-electron chi connectivity index (χ3n) is 15.0. The largest absolute Gasteiger partial charge is 0.309 e. The molecule has 0 saturated heterocycles. The maximum Gasteiger partial charge on any atom is 0.0642 e. The SMILES string of the molecule is CC1CC=CC=C1C1(c2ccccc2)C2=C(C=CCC2)c2ccc(C(CCc3ccc(-c4ccc(-n5c6ccccc6c6ccccc65)cc4)cc3)c3ccccc3-c3ccccc3)cc21. The minimum Gasteiger partial charge on any atom is -0.309 e. The first-order valence-electron chi connectivity index (χ1n) is 24.0. The maximum atomic E-state index is 2.64. The van der Waals surface area contributed by atoms with Gasteiger partial charge in [0.2, 0.25) is 0 Å². The highest BCUT2D eigenvalue weighted by atomic mass is 15.0. The number of aryl methyl sites for hydroxylation is 1. The van der Waals surface area contributed by atoms with Crippen molar-refractivity contribution in [3.05, 3.63) is 275 Å². The summed E-state index contributed by atoms with van der Waals surface area (Å²) in [6, 6.07) is 75.0. The summed E-state index contributed by atoms with van der Waals surface area (Å²) in [4.78, 5) is 0. The highest BCUT2D eigenvalue weighted by Crippen LogP contribution is 2.60. The van der Waals surface area contributed by atoms with Gasteiger partial charge in [-0.1, -0.05) is 213 Å². The van der Waals surface area contributed by atoms with E-state index in [9.17, 15) is 0 Å². The Bertz CT molecular complexity index is 3320. The monoisotopic (exact) mass is 847 g/mol. The average Bonchev–Trinajstić information content (AvgIpc) is 3.88. The zero-order valence-electron chi connectivity index (χ0n) is 37.6. The summed E-state index contributed by atoms with van der Waals surface area (Å²) in [5, 5.41) is 2.57. The van der Waals surface area contributed by atoms with Gasteiger partial charge in [-0.15, -0.1) is 0 Å². The van der Waals surface area contributed by atoms with Gasteiger partial charge >= 0.3 is 0 Å². The van der Waals surface area contributed by atoms with Crippen molar-refractivity contribution in [3.8, 4) is 27.9 Å². The molecule has 0 spiro atoms. The van der Waals surface area contributed by atoms with E-state index in [-0.39, 0.29) is 11.3 Å². The molecule has 66 heavy (non-hydrogen) atoms. The second-order valence-electron chi connectivity index (χ2n) is 18.6. The molecule has 0 fully saturated rings. The number of nitrogens with zero attached hydrogens (tertiary/aromatic N) is 1. The van der Waals surface area contributed by atoms with E-state index in [1.54, 1.807) is 5.57 Å². The van der Waals surface area contributed by atoms with E-state index in [4.69, 9.17) is 0 Å². The van der Waals surface area contributed by atoms with Crippen LogP contribution in [0.1, 0.15) is 71.9 Å². The molecule has 0 radical (unpaired) electrons. The third-order valence-corrected chi connectivity index (χ3v) is 15.0. The summed E-state index contributed by atoms with van der Waals surface area (Å²) in [5.41, 5.74) is 21.3. The van der Waals surface area contributed by atoms with E-state index in [1.165, 1.54) is 94.3 Å². The molecule has 3 atom stereocenters. The van der Waals surface area contributed by atoms with Gasteiger partial charge < -0.3 is 4.57 Å². The summed E-state index contributed by atoms with van der Waals surface area (Å²) >= 11 is 0. The molecular formula is C65H53N. The zero-order valence-corrected chi connectivity index (χ0v) is 37.6.